The van der Waals surface area contributed by atoms with E-state index in [4.69, 9.17) is 11.6 Å². The van der Waals surface area contributed by atoms with Crippen LogP contribution in [0.4, 0.5) is 5.69 Å². The van der Waals surface area contributed by atoms with E-state index in [1.165, 1.54) is 12.1 Å². The van der Waals surface area contributed by atoms with Gasteiger partial charge < -0.3 is 9.80 Å². The lowest BCUT2D eigenvalue weighted by Crippen LogP contribution is -2.56. The molecule has 0 spiro atoms. The summed E-state index contributed by atoms with van der Waals surface area (Å²) in [6, 6.07) is 15.3. The van der Waals surface area contributed by atoms with E-state index in [0.717, 1.165) is 5.69 Å². The average molecular weight is 436 g/mol. The Morgan fingerprint density at radius 1 is 1.00 bits per heavy atom. The number of anilines is 1. The summed E-state index contributed by atoms with van der Waals surface area (Å²) in [6.07, 6.45) is 0. The molecule has 1 aliphatic heterocycles. The summed E-state index contributed by atoms with van der Waals surface area (Å²) < 4.78 is 28.1. The van der Waals surface area contributed by atoms with Gasteiger partial charge in [-0.1, -0.05) is 49.7 Å². The van der Waals surface area contributed by atoms with Crippen molar-refractivity contribution in [2.24, 2.45) is 5.92 Å². The molecule has 0 aromatic heterocycles. The maximum Gasteiger partial charge on any atom is 0.241 e. The van der Waals surface area contributed by atoms with Crippen molar-refractivity contribution >= 4 is 33.2 Å². The predicted molar refractivity (Wildman–Crippen MR) is 116 cm³/mol. The van der Waals surface area contributed by atoms with E-state index < -0.39 is 16.1 Å². The Hall–Kier alpha value is -2.09. The van der Waals surface area contributed by atoms with Crippen LogP contribution in [0, 0.1) is 5.92 Å². The van der Waals surface area contributed by atoms with Crippen molar-refractivity contribution in [3.63, 3.8) is 0 Å². The molecular weight excluding hydrogens is 410 g/mol. The minimum atomic E-state index is -3.86. The SMILES string of the molecule is CC(C)[C@@H](NS(=O)(=O)c1cccc(Cl)c1)C(=O)N1CCN(c2ccccc2)CC1. The van der Waals surface area contributed by atoms with Crippen molar-refractivity contribution in [3.05, 3.63) is 59.6 Å². The molecule has 1 atom stereocenters. The molecule has 1 fully saturated rings. The number of nitrogens with zero attached hydrogens (tertiary/aromatic N) is 2. The Kier molecular flexibility index (Phi) is 6.82. The number of hydrogen-bond donors (Lipinski definition) is 1. The van der Waals surface area contributed by atoms with E-state index in [-0.39, 0.29) is 16.7 Å². The standard InChI is InChI=1S/C21H26ClN3O3S/c1-16(2)20(23-29(27,28)19-10-6-7-17(22)15-19)21(26)25-13-11-24(12-14-25)18-8-4-3-5-9-18/h3-10,15-16,20,23H,11-14H2,1-2H3/t20-/m1/s1. The molecule has 0 bridgehead atoms. The average Bonchev–Trinajstić information content (AvgIpc) is 2.72. The molecule has 1 saturated heterocycles. The number of nitrogens with one attached hydrogen (secondary N) is 1. The van der Waals surface area contributed by atoms with Crippen molar-refractivity contribution in [2.75, 3.05) is 31.1 Å². The van der Waals surface area contributed by atoms with Gasteiger partial charge in [-0.15, -0.1) is 0 Å². The lowest BCUT2D eigenvalue weighted by molar-refractivity contribution is -0.134. The van der Waals surface area contributed by atoms with E-state index in [0.29, 0.717) is 31.2 Å². The van der Waals surface area contributed by atoms with Gasteiger partial charge in [-0.25, -0.2) is 8.42 Å². The van der Waals surface area contributed by atoms with Crippen LogP contribution in [-0.4, -0.2) is 51.4 Å². The molecule has 29 heavy (non-hydrogen) atoms. The van der Waals surface area contributed by atoms with Gasteiger partial charge in [-0.3, -0.25) is 4.79 Å². The molecule has 1 heterocycles. The summed E-state index contributed by atoms with van der Waals surface area (Å²) in [5.74, 6) is -0.387. The number of piperazine rings is 1. The Morgan fingerprint density at radius 2 is 1.66 bits per heavy atom. The van der Waals surface area contributed by atoms with Crippen LogP contribution < -0.4 is 9.62 Å². The lowest BCUT2D eigenvalue weighted by Gasteiger charge is -2.38. The third-order valence-corrected chi connectivity index (χ3v) is 6.71. The minimum Gasteiger partial charge on any atom is -0.368 e. The maximum absolute atomic E-state index is 13.1. The number of hydrogen-bond acceptors (Lipinski definition) is 4. The molecule has 2 aromatic rings. The molecule has 0 aliphatic carbocycles. The van der Waals surface area contributed by atoms with Gasteiger partial charge in [0.1, 0.15) is 6.04 Å². The second-order valence-electron chi connectivity index (χ2n) is 7.45. The maximum atomic E-state index is 13.1. The predicted octanol–water partition coefficient (Wildman–Crippen LogP) is 2.99. The van der Waals surface area contributed by atoms with Crippen LogP contribution in [0.15, 0.2) is 59.5 Å². The van der Waals surface area contributed by atoms with Gasteiger partial charge in [0.2, 0.25) is 15.9 Å². The Bertz CT molecular complexity index is 943. The zero-order valence-electron chi connectivity index (χ0n) is 16.6. The third-order valence-electron chi connectivity index (χ3n) is 5.03. The highest BCUT2D eigenvalue weighted by atomic mass is 35.5. The van der Waals surface area contributed by atoms with E-state index in [9.17, 15) is 13.2 Å². The Balaban J connectivity index is 1.69. The van der Waals surface area contributed by atoms with Crippen LogP contribution in [0.25, 0.3) is 0 Å². The summed E-state index contributed by atoms with van der Waals surface area (Å²) in [5.41, 5.74) is 1.13. The molecule has 0 unspecified atom stereocenters. The highest BCUT2D eigenvalue weighted by molar-refractivity contribution is 7.89. The molecule has 0 saturated carbocycles. The van der Waals surface area contributed by atoms with Crippen LogP contribution in [0.3, 0.4) is 0 Å². The zero-order valence-corrected chi connectivity index (χ0v) is 18.2. The van der Waals surface area contributed by atoms with Crippen LogP contribution in [0.5, 0.6) is 0 Å². The molecule has 3 rings (SSSR count). The summed E-state index contributed by atoms with van der Waals surface area (Å²) in [7, 11) is -3.86. The first-order valence-corrected chi connectivity index (χ1v) is 11.5. The fraction of sp³-hybridized carbons (Fsp3) is 0.381. The van der Waals surface area contributed by atoms with Gasteiger partial charge >= 0.3 is 0 Å². The molecule has 2 aromatic carbocycles. The van der Waals surface area contributed by atoms with E-state index >= 15 is 0 Å². The molecule has 1 amide bonds. The number of para-hydroxylation sites is 1. The van der Waals surface area contributed by atoms with Gasteiger partial charge in [0, 0.05) is 36.9 Å². The van der Waals surface area contributed by atoms with Crippen molar-refractivity contribution < 1.29 is 13.2 Å². The summed E-state index contributed by atoms with van der Waals surface area (Å²) in [5, 5.41) is 0.331. The second kappa shape index (κ2) is 9.15. The monoisotopic (exact) mass is 435 g/mol. The second-order valence-corrected chi connectivity index (χ2v) is 9.60. The molecule has 8 heteroatoms. The van der Waals surface area contributed by atoms with Gasteiger partial charge in [0.15, 0.2) is 0 Å². The number of carbonyl (C=O) groups excluding carboxylic acids is 1. The van der Waals surface area contributed by atoms with Crippen molar-refractivity contribution in [1.29, 1.82) is 0 Å². The topological polar surface area (TPSA) is 69.7 Å². The van der Waals surface area contributed by atoms with Crippen LogP contribution in [-0.2, 0) is 14.8 Å². The molecule has 6 nitrogen and oxygen atoms in total. The normalized spacial score (nSPS) is 16.1. The third kappa shape index (κ3) is 5.29. The Labute approximate surface area is 177 Å². The highest BCUT2D eigenvalue weighted by Crippen LogP contribution is 2.19. The highest BCUT2D eigenvalue weighted by Gasteiger charge is 2.33. The summed E-state index contributed by atoms with van der Waals surface area (Å²) in [6.45, 7) is 6.20. The van der Waals surface area contributed by atoms with Gasteiger partial charge in [0.25, 0.3) is 0 Å². The number of halogens is 1. The van der Waals surface area contributed by atoms with Crippen molar-refractivity contribution in [3.8, 4) is 0 Å². The van der Waals surface area contributed by atoms with Crippen LogP contribution in [0.2, 0.25) is 5.02 Å². The molecular formula is C21H26ClN3O3S. The fourth-order valence-electron chi connectivity index (χ4n) is 3.36. The van der Waals surface area contributed by atoms with E-state index in [1.807, 2.05) is 44.2 Å². The minimum absolute atomic E-state index is 0.0531. The number of sulfonamides is 1. The van der Waals surface area contributed by atoms with Gasteiger partial charge in [-0.05, 0) is 36.2 Å². The number of amides is 1. The lowest BCUT2D eigenvalue weighted by atomic mass is 10.0. The summed E-state index contributed by atoms with van der Waals surface area (Å²) in [4.78, 5) is 17.1. The number of rotatable bonds is 6. The van der Waals surface area contributed by atoms with Crippen molar-refractivity contribution in [2.45, 2.75) is 24.8 Å². The quantitative estimate of drug-likeness (QED) is 0.757. The largest absolute Gasteiger partial charge is 0.368 e. The Morgan fingerprint density at radius 3 is 2.24 bits per heavy atom. The van der Waals surface area contributed by atoms with Gasteiger partial charge in [-0.2, -0.15) is 4.72 Å². The van der Waals surface area contributed by atoms with Crippen LogP contribution >= 0.6 is 11.6 Å². The zero-order chi connectivity index (χ0) is 21.0. The first kappa shape index (κ1) is 21.6. The first-order chi connectivity index (χ1) is 13.8. The van der Waals surface area contributed by atoms with Gasteiger partial charge in [0.05, 0.1) is 4.90 Å². The molecule has 156 valence electrons. The van der Waals surface area contributed by atoms with Crippen molar-refractivity contribution in [1.82, 2.24) is 9.62 Å². The molecule has 1 N–H and O–H groups in total. The van der Waals surface area contributed by atoms with E-state index in [2.05, 4.69) is 9.62 Å². The summed E-state index contributed by atoms with van der Waals surface area (Å²) >= 11 is 5.93. The number of benzene rings is 2. The molecule has 1 aliphatic rings. The molecule has 0 radical (unpaired) electrons. The van der Waals surface area contributed by atoms with Crippen LogP contribution in [0.1, 0.15) is 13.8 Å². The first-order valence-electron chi connectivity index (χ1n) is 9.64. The van der Waals surface area contributed by atoms with E-state index in [1.54, 1.807) is 17.0 Å². The smallest absolute Gasteiger partial charge is 0.241 e. The number of carbonyl (C=O) groups is 1. The fourth-order valence-corrected chi connectivity index (χ4v) is 5.00.